The van der Waals surface area contributed by atoms with Crippen LogP contribution in [0.25, 0.3) is 10.9 Å². The van der Waals surface area contributed by atoms with Gasteiger partial charge in [0.15, 0.2) is 0 Å². The Labute approximate surface area is 115 Å². The van der Waals surface area contributed by atoms with Crippen LogP contribution >= 0.6 is 0 Å². The van der Waals surface area contributed by atoms with E-state index in [9.17, 15) is 9.59 Å². The summed E-state index contributed by atoms with van der Waals surface area (Å²) in [6.07, 6.45) is -0.104. The van der Waals surface area contributed by atoms with Crippen LogP contribution in [0.1, 0.15) is 12.1 Å². The molecule has 0 aliphatic rings. The number of nitrogens with one attached hydrogen (secondary N) is 2. The fourth-order valence-corrected chi connectivity index (χ4v) is 1.97. The van der Waals surface area contributed by atoms with Crippen LogP contribution in [-0.4, -0.2) is 33.4 Å². The topological polar surface area (TPSA) is 96.3 Å². The molecule has 3 N–H and O–H groups in total. The fraction of sp³-hybridized carbons (Fsp3) is 0.308. The van der Waals surface area contributed by atoms with Crippen LogP contribution in [-0.2, 0) is 11.8 Å². The first-order valence-electron chi connectivity index (χ1n) is 6.17. The number of carbonyl (C=O) groups excluding carboxylic acids is 1. The van der Waals surface area contributed by atoms with E-state index in [1.54, 1.807) is 10.7 Å². The summed E-state index contributed by atoms with van der Waals surface area (Å²) in [5.41, 5.74) is 2.49. The smallest absolute Gasteiger partial charge is 0.319 e. The molecule has 0 atom stereocenters. The second-order valence-corrected chi connectivity index (χ2v) is 4.47. The molecule has 7 nitrogen and oxygen atoms in total. The van der Waals surface area contributed by atoms with Crippen molar-refractivity contribution in [2.24, 2.45) is 7.05 Å². The summed E-state index contributed by atoms with van der Waals surface area (Å²) in [4.78, 5) is 21.9. The van der Waals surface area contributed by atoms with E-state index in [-0.39, 0.29) is 13.0 Å². The largest absolute Gasteiger partial charge is 0.481 e. The van der Waals surface area contributed by atoms with E-state index < -0.39 is 12.0 Å². The standard InChI is InChI=1S/C13H16N4O3/c1-8-10-4-3-9(7-11(10)17(2)16-8)15-13(20)14-6-5-12(18)19/h3-4,7H,5-6H2,1-2H3,(H,18,19)(H2,14,15,20). The number of nitrogens with zero attached hydrogens (tertiary/aromatic N) is 2. The highest BCUT2D eigenvalue weighted by Gasteiger charge is 2.07. The van der Waals surface area contributed by atoms with Crippen molar-refractivity contribution >= 4 is 28.6 Å². The number of aromatic nitrogens is 2. The number of aliphatic carboxylic acids is 1. The fourth-order valence-electron chi connectivity index (χ4n) is 1.97. The monoisotopic (exact) mass is 276 g/mol. The molecule has 1 aromatic heterocycles. The number of carboxylic acid groups (broad SMARTS) is 1. The van der Waals surface area contributed by atoms with E-state index in [2.05, 4.69) is 15.7 Å². The highest BCUT2D eigenvalue weighted by molar-refractivity contribution is 5.93. The predicted octanol–water partition coefficient (Wildman–Crippen LogP) is 1.48. The molecule has 2 rings (SSSR count). The lowest BCUT2D eigenvalue weighted by Crippen LogP contribution is -2.30. The van der Waals surface area contributed by atoms with Gasteiger partial charge in [0.2, 0.25) is 0 Å². The van der Waals surface area contributed by atoms with Gasteiger partial charge in [-0.15, -0.1) is 0 Å². The summed E-state index contributed by atoms with van der Waals surface area (Å²) in [5, 5.41) is 19.0. The third kappa shape index (κ3) is 3.05. The average Bonchev–Trinajstić information content (AvgIpc) is 2.64. The van der Waals surface area contributed by atoms with Gasteiger partial charge in [0.25, 0.3) is 0 Å². The van der Waals surface area contributed by atoms with Gasteiger partial charge < -0.3 is 15.7 Å². The second-order valence-electron chi connectivity index (χ2n) is 4.47. The first-order valence-corrected chi connectivity index (χ1v) is 6.17. The first kappa shape index (κ1) is 13.9. The van der Waals surface area contributed by atoms with E-state index in [1.807, 2.05) is 26.1 Å². The lowest BCUT2D eigenvalue weighted by Gasteiger charge is -2.07. The lowest BCUT2D eigenvalue weighted by molar-refractivity contribution is -0.136. The maximum Gasteiger partial charge on any atom is 0.319 e. The van der Waals surface area contributed by atoms with Gasteiger partial charge in [0, 0.05) is 24.7 Å². The van der Waals surface area contributed by atoms with Crippen molar-refractivity contribution in [2.45, 2.75) is 13.3 Å². The number of benzene rings is 1. The van der Waals surface area contributed by atoms with E-state index in [4.69, 9.17) is 5.11 Å². The summed E-state index contributed by atoms with van der Waals surface area (Å²) in [6, 6.07) is 5.08. The molecule has 0 bridgehead atoms. The molecular weight excluding hydrogens is 260 g/mol. The average molecular weight is 276 g/mol. The number of aryl methyl sites for hydroxylation is 2. The van der Waals surface area contributed by atoms with E-state index in [0.717, 1.165) is 16.6 Å². The van der Waals surface area contributed by atoms with Gasteiger partial charge in [-0.2, -0.15) is 5.10 Å². The van der Waals surface area contributed by atoms with Crippen LogP contribution in [0.2, 0.25) is 0 Å². The molecular formula is C13H16N4O3. The molecule has 0 unspecified atom stereocenters. The molecule has 106 valence electrons. The quantitative estimate of drug-likeness (QED) is 0.788. The Morgan fingerprint density at radius 1 is 1.40 bits per heavy atom. The molecule has 0 saturated heterocycles. The van der Waals surface area contributed by atoms with Crippen LogP contribution in [0.3, 0.4) is 0 Å². The minimum atomic E-state index is -0.947. The maximum atomic E-state index is 11.6. The van der Waals surface area contributed by atoms with Gasteiger partial charge in [0.05, 0.1) is 17.6 Å². The van der Waals surface area contributed by atoms with E-state index in [0.29, 0.717) is 5.69 Å². The van der Waals surface area contributed by atoms with Crippen LogP contribution in [0.15, 0.2) is 18.2 Å². The van der Waals surface area contributed by atoms with Gasteiger partial charge in [-0.1, -0.05) is 0 Å². The summed E-state index contributed by atoms with van der Waals surface area (Å²) in [6.45, 7) is 2.02. The number of anilines is 1. The zero-order chi connectivity index (χ0) is 14.7. The van der Waals surface area contributed by atoms with Crippen LogP contribution in [0.4, 0.5) is 10.5 Å². The van der Waals surface area contributed by atoms with Crippen molar-refractivity contribution in [3.05, 3.63) is 23.9 Å². The number of hydrogen-bond donors (Lipinski definition) is 3. The Kier molecular flexibility index (Phi) is 3.88. The summed E-state index contributed by atoms with van der Waals surface area (Å²) >= 11 is 0. The summed E-state index contributed by atoms with van der Waals surface area (Å²) in [5.74, 6) is -0.947. The third-order valence-electron chi connectivity index (χ3n) is 2.92. The number of hydrogen-bond acceptors (Lipinski definition) is 3. The number of urea groups is 1. The molecule has 0 saturated carbocycles. The zero-order valence-corrected chi connectivity index (χ0v) is 11.3. The molecule has 1 aromatic carbocycles. The summed E-state index contributed by atoms with van der Waals surface area (Å²) in [7, 11) is 1.84. The number of fused-ring (bicyclic) bond motifs is 1. The van der Waals surface area contributed by atoms with Crippen molar-refractivity contribution in [3.8, 4) is 0 Å². The highest BCUT2D eigenvalue weighted by atomic mass is 16.4. The Bertz CT molecular complexity index is 663. The minimum Gasteiger partial charge on any atom is -0.481 e. The molecule has 0 aliphatic carbocycles. The van der Waals surface area contributed by atoms with Crippen LogP contribution < -0.4 is 10.6 Å². The maximum absolute atomic E-state index is 11.6. The third-order valence-corrected chi connectivity index (χ3v) is 2.92. The van der Waals surface area contributed by atoms with E-state index in [1.165, 1.54) is 0 Å². The molecule has 1 heterocycles. The van der Waals surface area contributed by atoms with Crippen LogP contribution in [0.5, 0.6) is 0 Å². The molecule has 2 amide bonds. The molecule has 2 aromatic rings. The van der Waals surface area contributed by atoms with E-state index >= 15 is 0 Å². The molecule has 0 fully saturated rings. The molecule has 20 heavy (non-hydrogen) atoms. The Morgan fingerprint density at radius 3 is 2.85 bits per heavy atom. The Balaban J connectivity index is 2.04. The Hall–Kier alpha value is -2.57. The van der Waals surface area contributed by atoms with Gasteiger partial charge in [-0.3, -0.25) is 9.48 Å². The van der Waals surface area contributed by atoms with Gasteiger partial charge in [-0.05, 0) is 25.1 Å². The van der Waals surface area contributed by atoms with Crippen molar-refractivity contribution in [1.82, 2.24) is 15.1 Å². The van der Waals surface area contributed by atoms with Crippen molar-refractivity contribution < 1.29 is 14.7 Å². The lowest BCUT2D eigenvalue weighted by atomic mass is 10.2. The minimum absolute atomic E-state index is 0.0915. The number of carbonyl (C=O) groups is 2. The molecule has 0 radical (unpaired) electrons. The van der Waals surface area contributed by atoms with Gasteiger partial charge >= 0.3 is 12.0 Å². The van der Waals surface area contributed by atoms with Crippen molar-refractivity contribution in [1.29, 1.82) is 0 Å². The second kappa shape index (κ2) is 5.60. The number of carboxylic acids is 1. The predicted molar refractivity (Wildman–Crippen MR) is 74.7 cm³/mol. The highest BCUT2D eigenvalue weighted by Crippen LogP contribution is 2.21. The molecule has 0 aliphatic heterocycles. The molecule has 0 spiro atoms. The molecule has 7 heteroatoms. The summed E-state index contributed by atoms with van der Waals surface area (Å²) < 4.78 is 1.75. The SMILES string of the molecule is Cc1nn(C)c2cc(NC(=O)NCCC(=O)O)ccc12. The zero-order valence-electron chi connectivity index (χ0n) is 11.3. The number of rotatable bonds is 4. The van der Waals surface area contributed by atoms with Crippen molar-refractivity contribution in [3.63, 3.8) is 0 Å². The normalized spacial score (nSPS) is 10.5. The van der Waals surface area contributed by atoms with Crippen molar-refractivity contribution in [2.75, 3.05) is 11.9 Å². The van der Waals surface area contributed by atoms with Crippen LogP contribution in [0, 0.1) is 6.92 Å². The van der Waals surface area contributed by atoms with Gasteiger partial charge in [0.1, 0.15) is 0 Å². The van der Waals surface area contributed by atoms with Gasteiger partial charge in [-0.25, -0.2) is 4.79 Å². The number of amides is 2. The Morgan fingerprint density at radius 2 is 2.15 bits per heavy atom. The first-order chi connectivity index (χ1) is 9.47.